The quantitative estimate of drug-likeness (QED) is 0.445. The fourth-order valence-electron chi connectivity index (χ4n) is 3.74. The van der Waals surface area contributed by atoms with Gasteiger partial charge in [-0.05, 0) is 36.8 Å². The molecule has 34 heavy (non-hydrogen) atoms. The van der Waals surface area contributed by atoms with Crippen molar-refractivity contribution in [1.82, 2.24) is 9.88 Å². The first-order chi connectivity index (χ1) is 16.5. The van der Waals surface area contributed by atoms with E-state index >= 15 is 0 Å². The van der Waals surface area contributed by atoms with Gasteiger partial charge >= 0.3 is 0 Å². The van der Waals surface area contributed by atoms with Crippen molar-refractivity contribution >= 4 is 23.2 Å². The molecule has 2 atom stereocenters. The predicted octanol–water partition coefficient (Wildman–Crippen LogP) is 4.02. The van der Waals surface area contributed by atoms with Crippen LogP contribution in [0.5, 0.6) is 11.6 Å². The van der Waals surface area contributed by atoms with E-state index < -0.39 is 17.8 Å². The van der Waals surface area contributed by atoms with Crippen molar-refractivity contribution in [1.29, 1.82) is 0 Å². The van der Waals surface area contributed by atoms with Crippen molar-refractivity contribution in [2.75, 3.05) is 31.6 Å². The number of halogens is 2. The van der Waals surface area contributed by atoms with E-state index in [1.807, 2.05) is 6.07 Å². The van der Waals surface area contributed by atoms with Crippen LogP contribution in [0.1, 0.15) is 16.8 Å². The third-order valence-corrected chi connectivity index (χ3v) is 5.54. The van der Waals surface area contributed by atoms with Gasteiger partial charge < -0.3 is 19.9 Å². The molecule has 0 radical (unpaired) electrons. The fraction of sp³-hybridized carbons (Fsp3) is 0.280. The molecule has 2 unspecified atom stereocenters. The number of aliphatic hydroxyl groups excluding tert-OH is 1. The molecule has 1 aliphatic rings. The SMILES string of the molecule is O=C(Nc1ccccc1)c1ccc(F)cc1OCC(O)CN1CCC(Oc2cccc(Cl)n2)C1. The van der Waals surface area contributed by atoms with Gasteiger partial charge in [0.1, 0.15) is 35.5 Å². The molecule has 2 heterocycles. The Bertz CT molecular complexity index is 1120. The Balaban J connectivity index is 1.29. The molecule has 1 aliphatic heterocycles. The summed E-state index contributed by atoms with van der Waals surface area (Å²) >= 11 is 5.90. The van der Waals surface area contributed by atoms with E-state index in [-0.39, 0.29) is 24.0 Å². The summed E-state index contributed by atoms with van der Waals surface area (Å²) in [6.45, 7) is 1.62. The lowest BCUT2D eigenvalue weighted by Gasteiger charge is -2.21. The number of para-hydroxylation sites is 1. The van der Waals surface area contributed by atoms with E-state index in [1.165, 1.54) is 12.1 Å². The minimum absolute atomic E-state index is 0.0596. The van der Waals surface area contributed by atoms with Gasteiger partial charge in [0.25, 0.3) is 5.91 Å². The Labute approximate surface area is 202 Å². The zero-order chi connectivity index (χ0) is 23.9. The van der Waals surface area contributed by atoms with Crippen LogP contribution in [0, 0.1) is 5.82 Å². The van der Waals surface area contributed by atoms with Gasteiger partial charge in [-0.15, -0.1) is 0 Å². The fourth-order valence-corrected chi connectivity index (χ4v) is 3.90. The van der Waals surface area contributed by atoms with Crippen molar-refractivity contribution in [2.24, 2.45) is 0 Å². The number of benzene rings is 2. The van der Waals surface area contributed by atoms with Crippen LogP contribution in [0.3, 0.4) is 0 Å². The van der Waals surface area contributed by atoms with Crippen molar-refractivity contribution in [3.8, 4) is 11.6 Å². The minimum Gasteiger partial charge on any atom is -0.490 e. The first kappa shape index (κ1) is 23.9. The van der Waals surface area contributed by atoms with Crippen LogP contribution in [-0.4, -0.2) is 59.3 Å². The van der Waals surface area contributed by atoms with Crippen LogP contribution >= 0.6 is 11.6 Å². The molecule has 2 aromatic carbocycles. The number of ether oxygens (including phenoxy) is 2. The van der Waals surface area contributed by atoms with E-state index in [2.05, 4.69) is 15.2 Å². The first-order valence-corrected chi connectivity index (χ1v) is 11.3. The molecular formula is C25H25ClFN3O4. The van der Waals surface area contributed by atoms with E-state index in [0.29, 0.717) is 29.8 Å². The number of aliphatic hydroxyl groups is 1. The molecule has 0 saturated carbocycles. The minimum atomic E-state index is -0.837. The summed E-state index contributed by atoms with van der Waals surface area (Å²) in [4.78, 5) is 18.9. The average Bonchev–Trinajstić information content (AvgIpc) is 3.25. The summed E-state index contributed by atoms with van der Waals surface area (Å²) < 4.78 is 25.3. The van der Waals surface area contributed by atoms with Crippen LogP contribution in [0.25, 0.3) is 0 Å². The van der Waals surface area contributed by atoms with Crippen LogP contribution < -0.4 is 14.8 Å². The largest absolute Gasteiger partial charge is 0.490 e. The number of carbonyl (C=O) groups excluding carboxylic acids is 1. The van der Waals surface area contributed by atoms with Gasteiger partial charge in [0, 0.05) is 37.5 Å². The molecule has 178 valence electrons. The number of carbonyl (C=O) groups is 1. The number of rotatable bonds is 9. The summed E-state index contributed by atoms with van der Waals surface area (Å²) in [6.07, 6.45) is -0.109. The molecule has 0 bridgehead atoms. The maximum atomic E-state index is 13.8. The molecule has 3 aromatic rings. The molecule has 1 saturated heterocycles. The maximum absolute atomic E-state index is 13.8. The number of nitrogens with zero attached hydrogens (tertiary/aromatic N) is 2. The van der Waals surface area contributed by atoms with Gasteiger partial charge in [-0.3, -0.25) is 9.69 Å². The van der Waals surface area contributed by atoms with Crippen LogP contribution in [0.15, 0.2) is 66.7 Å². The lowest BCUT2D eigenvalue weighted by molar-refractivity contribution is 0.0708. The first-order valence-electron chi connectivity index (χ1n) is 10.9. The number of hydrogen-bond acceptors (Lipinski definition) is 6. The van der Waals surface area contributed by atoms with Gasteiger partial charge in [-0.2, -0.15) is 0 Å². The van der Waals surface area contributed by atoms with Gasteiger partial charge in [0.05, 0.1) is 5.56 Å². The monoisotopic (exact) mass is 485 g/mol. The van der Waals surface area contributed by atoms with E-state index in [0.717, 1.165) is 19.0 Å². The van der Waals surface area contributed by atoms with E-state index in [1.54, 1.807) is 42.5 Å². The van der Waals surface area contributed by atoms with Gasteiger partial charge in [0.2, 0.25) is 5.88 Å². The van der Waals surface area contributed by atoms with Crippen molar-refractivity contribution in [2.45, 2.75) is 18.6 Å². The topological polar surface area (TPSA) is 83.9 Å². The Hall–Kier alpha value is -3.20. The molecule has 7 nitrogen and oxygen atoms in total. The smallest absolute Gasteiger partial charge is 0.259 e. The highest BCUT2D eigenvalue weighted by Crippen LogP contribution is 2.23. The van der Waals surface area contributed by atoms with Gasteiger partial charge in [-0.1, -0.05) is 35.9 Å². The lowest BCUT2D eigenvalue weighted by Crippen LogP contribution is -2.35. The highest BCUT2D eigenvalue weighted by Gasteiger charge is 2.26. The number of aromatic nitrogens is 1. The van der Waals surface area contributed by atoms with Gasteiger partial charge in [0.15, 0.2) is 0 Å². The van der Waals surface area contributed by atoms with Crippen molar-refractivity contribution < 1.29 is 23.8 Å². The Morgan fingerprint density at radius 2 is 2.03 bits per heavy atom. The highest BCUT2D eigenvalue weighted by molar-refractivity contribution is 6.29. The summed E-state index contributed by atoms with van der Waals surface area (Å²) in [5.41, 5.74) is 0.794. The van der Waals surface area contributed by atoms with Crippen LogP contribution in [0.2, 0.25) is 5.15 Å². The second-order valence-corrected chi connectivity index (χ2v) is 8.40. The zero-order valence-electron chi connectivity index (χ0n) is 18.4. The average molecular weight is 486 g/mol. The molecule has 1 amide bonds. The van der Waals surface area contributed by atoms with E-state index in [9.17, 15) is 14.3 Å². The number of likely N-dealkylation sites (tertiary alicyclic amines) is 1. The number of nitrogens with one attached hydrogen (secondary N) is 1. The zero-order valence-corrected chi connectivity index (χ0v) is 19.1. The molecule has 1 fully saturated rings. The molecule has 2 N–H and O–H groups in total. The summed E-state index contributed by atoms with van der Waals surface area (Å²) in [5, 5.41) is 13.6. The van der Waals surface area contributed by atoms with Crippen LogP contribution in [0.4, 0.5) is 10.1 Å². The molecule has 0 aliphatic carbocycles. The Morgan fingerprint density at radius 3 is 2.82 bits per heavy atom. The second-order valence-electron chi connectivity index (χ2n) is 8.01. The van der Waals surface area contributed by atoms with E-state index in [4.69, 9.17) is 21.1 Å². The van der Waals surface area contributed by atoms with Crippen LogP contribution in [-0.2, 0) is 0 Å². The number of anilines is 1. The number of β-amino-alcohol motifs (C(OH)–C–C–N with tert-alkyl or cyclic N) is 1. The third kappa shape index (κ3) is 6.66. The highest BCUT2D eigenvalue weighted by atomic mass is 35.5. The predicted molar refractivity (Wildman–Crippen MR) is 127 cm³/mol. The Morgan fingerprint density at radius 1 is 1.21 bits per heavy atom. The second kappa shape index (κ2) is 11.3. The standard InChI is InChI=1S/C25H25ClFN3O4/c26-23-7-4-8-24(29-23)34-20-11-12-30(15-20)14-19(31)16-33-22-13-17(27)9-10-21(22)25(32)28-18-5-2-1-3-6-18/h1-10,13,19-20,31H,11-12,14-16H2,(H,28,32). The maximum Gasteiger partial charge on any atom is 0.259 e. The molecule has 9 heteroatoms. The summed E-state index contributed by atoms with van der Waals surface area (Å²) in [6, 6.07) is 17.9. The number of pyridine rings is 1. The summed E-state index contributed by atoms with van der Waals surface area (Å²) in [5.74, 6) is -0.419. The summed E-state index contributed by atoms with van der Waals surface area (Å²) in [7, 11) is 0. The van der Waals surface area contributed by atoms with Gasteiger partial charge in [-0.25, -0.2) is 9.37 Å². The number of hydrogen-bond donors (Lipinski definition) is 2. The van der Waals surface area contributed by atoms with Crippen molar-refractivity contribution in [3.05, 3.63) is 83.3 Å². The Kier molecular flexibility index (Phi) is 7.95. The normalized spacial score (nSPS) is 16.7. The third-order valence-electron chi connectivity index (χ3n) is 5.33. The molecule has 4 rings (SSSR count). The molecule has 1 aromatic heterocycles. The molecule has 0 spiro atoms. The molecular weight excluding hydrogens is 461 g/mol. The number of amides is 1. The lowest BCUT2D eigenvalue weighted by atomic mass is 10.1. The van der Waals surface area contributed by atoms with Crippen molar-refractivity contribution in [3.63, 3.8) is 0 Å².